The Morgan fingerprint density at radius 2 is 2.00 bits per heavy atom. The quantitative estimate of drug-likeness (QED) is 0.872. The molecule has 0 radical (unpaired) electrons. The van der Waals surface area contributed by atoms with Gasteiger partial charge < -0.3 is 10.5 Å². The molecule has 0 saturated heterocycles. The molecule has 0 aliphatic carbocycles. The lowest BCUT2D eigenvalue weighted by Crippen LogP contribution is -2.17. The maximum absolute atomic E-state index is 13.6. The van der Waals surface area contributed by atoms with E-state index in [9.17, 15) is 8.78 Å². The minimum Gasteiger partial charge on any atom is -0.489 e. The van der Waals surface area contributed by atoms with Gasteiger partial charge in [0, 0.05) is 17.7 Å². The van der Waals surface area contributed by atoms with E-state index in [-0.39, 0.29) is 24.3 Å². The van der Waals surface area contributed by atoms with Crippen LogP contribution in [0.3, 0.4) is 0 Å². The van der Waals surface area contributed by atoms with Crippen LogP contribution in [0.25, 0.3) is 0 Å². The van der Waals surface area contributed by atoms with E-state index in [2.05, 4.69) is 15.9 Å². The average Bonchev–Trinajstić information content (AvgIpc) is 2.39. The van der Waals surface area contributed by atoms with Gasteiger partial charge >= 0.3 is 0 Å². The molecule has 0 spiro atoms. The molecule has 1 unspecified atom stereocenters. The molecule has 112 valence electrons. The third kappa shape index (κ3) is 4.51. The van der Waals surface area contributed by atoms with Crippen molar-refractivity contribution in [1.82, 2.24) is 0 Å². The Hall–Kier alpha value is -1.46. The lowest BCUT2D eigenvalue weighted by Gasteiger charge is -2.11. The fourth-order valence-corrected chi connectivity index (χ4v) is 2.39. The summed E-state index contributed by atoms with van der Waals surface area (Å²) >= 11 is 3.17. The Kier molecular flexibility index (Phi) is 5.31. The summed E-state index contributed by atoms with van der Waals surface area (Å²) in [5.74, 6) is -0.323. The summed E-state index contributed by atoms with van der Waals surface area (Å²) in [6, 6.07) is 9.14. The van der Waals surface area contributed by atoms with Gasteiger partial charge in [0.25, 0.3) is 0 Å². The number of hydrogen-bond acceptors (Lipinski definition) is 2. The molecule has 2 nitrogen and oxygen atoms in total. The zero-order valence-electron chi connectivity index (χ0n) is 11.6. The van der Waals surface area contributed by atoms with Crippen molar-refractivity contribution in [2.75, 3.05) is 0 Å². The van der Waals surface area contributed by atoms with Gasteiger partial charge in [0.15, 0.2) is 0 Å². The summed E-state index contributed by atoms with van der Waals surface area (Å²) in [7, 11) is 0. The number of rotatable bonds is 5. The van der Waals surface area contributed by atoms with Crippen molar-refractivity contribution >= 4 is 15.9 Å². The third-order valence-electron chi connectivity index (χ3n) is 2.91. The molecule has 1 atom stereocenters. The maximum atomic E-state index is 13.6. The van der Waals surface area contributed by atoms with Gasteiger partial charge in [-0.1, -0.05) is 12.1 Å². The second kappa shape index (κ2) is 7.00. The fourth-order valence-electron chi connectivity index (χ4n) is 2.01. The average molecular weight is 356 g/mol. The topological polar surface area (TPSA) is 35.2 Å². The molecule has 0 aromatic heterocycles. The molecule has 0 heterocycles. The highest BCUT2D eigenvalue weighted by Crippen LogP contribution is 2.23. The molecule has 2 rings (SSSR count). The molecule has 0 bridgehead atoms. The Bertz CT molecular complexity index is 632. The van der Waals surface area contributed by atoms with Gasteiger partial charge in [-0.3, -0.25) is 0 Å². The van der Waals surface area contributed by atoms with Gasteiger partial charge in [0.1, 0.15) is 24.0 Å². The van der Waals surface area contributed by atoms with E-state index < -0.39 is 0 Å². The molecule has 2 aromatic carbocycles. The lowest BCUT2D eigenvalue weighted by atomic mass is 10.1. The van der Waals surface area contributed by atoms with Gasteiger partial charge in [-0.15, -0.1) is 0 Å². The monoisotopic (exact) mass is 355 g/mol. The Morgan fingerprint density at radius 3 is 2.71 bits per heavy atom. The van der Waals surface area contributed by atoms with Crippen molar-refractivity contribution in [3.8, 4) is 5.75 Å². The zero-order chi connectivity index (χ0) is 15.4. The maximum Gasteiger partial charge on any atom is 0.137 e. The predicted octanol–water partition coefficient (Wildman–Crippen LogP) is 4.20. The Labute approximate surface area is 131 Å². The van der Waals surface area contributed by atoms with Crippen LogP contribution in [0.15, 0.2) is 40.9 Å². The predicted molar refractivity (Wildman–Crippen MR) is 82.2 cm³/mol. The standard InChI is InChI=1S/C16H16BrF2NO/c1-10(20)5-11-6-13(18)8-14(7-11)21-9-12-3-2-4-15(19)16(12)17/h2-4,6-8,10H,5,9,20H2,1H3. The van der Waals surface area contributed by atoms with Crippen LogP contribution in [0, 0.1) is 11.6 Å². The summed E-state index contributed by atoms with van der Waals surface area (Å²) in [5.41, 5.74) is 7.15. The van der Waals surface area contributed by atoms with Crippen molar-refractivity contribution in [2.24, 2.45) is 5.73 Å². The van der Waals surface area contributed by atoms with Crippen molar-refractivity contribution in [2.45, 2.75) is 26.0 Å². The summed E-state index contributed by atoms with van der Waals surface area (Å²) in [5, 5.41) is 0. The van der Waals surface area contributed by atoms with E-state index in [0.717, 1.165) is 5.56 Å². The SMILES string of the molecule is CC(N)Cc1cc(F)cc(OCc2cccc(F)c2Br)c1. The molecule has 2 aromatic rings. The summed E-state index contributed by atoms with van der Waals surface area (Å²) in [4.78, 5) is 0. The minimum atomic E-state index is -0.374. The second-order valence-corrected chi connectivity index (χ2v) is 5.77. The van der Waals surface area contributed by atoms with Gasteiger partial charge in [-0.05, 0) is 53.0 Å². The van der Waals surface area contributed by atoms with Crippen LogP contribution in [-0.4, -0.2) is 6.04 Å². The van der Waals surface area contributed by atoms with E-state index in [4.69, 9.17) is 10.5 Å². The van der Waals surface area contributed by atoms with Crippen LogP contribution in [0.1, 0.15) is 18.1 Å². The van der Waals surface area contributed by atoms with Crippen LogP contribution in [0.5, 0.6) is 5.75 Å². The van der Waals surface area contributed by atoms with Crippen LogP contribution < -0.4 is 10.5 Å². The zero-order valence-corrected chi connectivity index (χ0v) is 13.2. The number of ether oxygens (including phenoxy) is 1. The van der Waals surface area contributed by atoms with Gasteiger partial charge in [-0.2, -0.15) is 0 Å². The molecule has 21 heavy (non-hydrogen) atoms. The van der Waals surface area contributed by atoms with Crippen molar-refractivity contribution in [1.29, 1.82) is 0 Å². The van der Waals surface area contributed by atoms with E-state index in [1.165, 1.54) is 18.2 Å². The highest BCUT2D eigenvalue weighted by molar-refractivity contribution is 9.10. The molecule has 2 N–H and O–H groups in total. The van der Waals surface area contributed by atoms with E-state index in [1.54, 1.807) is 18.2 Å². The van der Waals surface area contributed by atoms with Crippen molar-refractivity contribution in [3.05, 3.63) is 63.6 Å². The van der Waals surface area contributed by atoms with Gasteiger partial charge in [-0.25, -0.2) is 8.78 Å². The largest absolute Gasteiger partial charge is 0.489 e. The molecule has 0 fully saturated rings. The second-order valence-electron chi connectivity index (χ2n) is 4.98. The first-order valence-electron chi connectivity index (χ1n) is 6.56. The van der Waals surface area contributed by atoms with E-state index in [1.807, 2.05) is 6.92 Å². The fraction of sp³-hybridized carbons (Fsp3) is 0.250. The first kappa shape index (κ1) is 15.9. The molecular weight excluding hydrogens is 340 g/mol. The van der Waals surface area contributed by atoms with Crippen LogP contribution in [-0.2, 0) is 13.0 Å². The highest BCUT2D eigenvalue weighted by Gasteiger charge is 2.08. The summed E-state index contributed by atoms with van der Waals surface area (Å²) < 4.78 is 32.9. The smallest absolute Gasteiger partial charge is 0.137 e. The van der Waals surface area contributed by atoms with E-state index in [0.29, 0.717) is 22.2 Å². The molecule has 0 aliphatic heterocycles. The Balaban J connectivity index is 2.12. The van der Waals surface area contributed by atoms with Crippen molar-refractivity contribution in [3.63, 3.8) is 0 Å². The third-order valence-corrected chi connectivity index (χ3v) is 3.80. The number of nitrogens with two attached hydrogens (primary N) is 1. The number of hydrogen-bond donors (Lipinski definition) is 1. The van der Waals surface area contributed by atoms with Gasteiger partial charge in [0.2, 0.25) is 0 Å². The lowest BCUT2D eigenvalue weighted by molar-refractivity contribution is 0.302. The van der Waals surface area contributed by atoms with Crippen LogP contribution in [0.4, 0.5) is 8.78 Å². The first-order chi connectivity index (χ1) is 9.95. The first-order valence-corrected chi connectivity index (χ1v) is 7.35. The van der Waals surface area contributed by atoms with Crippen LogP contribution >= 0.6 is 15.9 Å². The minimum absolute atomic E-state index is 0.0583. The molecular formula is C16H16BrF2NO. The Morgan fingerprint density at radius 1 is 1.24 bits per heavy atom. The number of benzene rings is 2. The number of halogens is 3. The van der Waals surface area contributed by atoms with E-state index >= 15 is 0 Å². The molecule has 0 saturated carbocycles. The summed E-state index contributed by atoms with van der Waals surface area (Å²) in [6.07, 6.45) is 0.567. The van der Waals surface area contributed by atoms with Crippen molar-refractivity contribution < 1.29 is 13.5 Å². The summed E-state index contributed by atoms with van der Waals surface area (Å²) in [6.45, 7) is 2.01. The molecule has 5 heteroatoms. The normalized spacial score (nSPS) is 12.2. The van der Waals surface area contributed by atoms with Gasteiger partial charge in [0.05, 0.1) is 4.47 Å². The highest BCUT2D eigenvalue weighted by atomic mass is 79.9. The molecule has 0 aliphatic rings. The van der Waals surface area contributed by atoms with Crippen LogP contribution in [0.2, 0.25) is 0 Å². The molecule has 0 amide bonds.